The molecule has 0 unspecified atom stereocenters. The fourth-order valence-electron chi connectivity index (χ4n) is 2.63. The van der Waals surface area contributed by atoms with Crippen molar-refractivity contribution in [2.45, 2.75) is 4.90 Å². The van der Waals surface area contributed by atoms with Crippen LogP contribution < -0.4 is 9.50 Å². The van der Waals surface area contributed by atoms with Gasteiger partial charge in [-0.25, -0.2) is 0 Å². The minimum atomic E-state index is -4.31. The van der Waals surface area contributed by atoms with Crippen molar-refractivity contribution in [3.05, 3.63) is 99.1 Å². The summed E-state index contributed by atoms with van der Waals surface area (Å²) in [4.78, 5) is 22.1. The van der Waals surface area contributed by atoms with Crippen LogP contribution in [0, 0.1) is 21.4 Å². The van der Waals surface area contributed by atoms with E-state index in [2.05, 4.69) is 5.32 Å². The predicted molar refractivity (Wildman–Crippen MR) is 121 cm³/mol. The molecule has 0 aliphatic rings. The molecule has 3 aromatic rings. The van der Waals surface area contributed by atoms with Crippen LogP contribution in [0.15, 0.2) is 83.3 Å². The third-order valence-corrected chi connectivity index (χ3v) is 5.64. The fourth-order valence-corrected chi connectivity index (χ4v) is 3.79. The molecular formula is C22H14ClN3O6S. The van der Waals surface area contributed by atoms with Crippen LogP contribution in [0.4, 0.5) is 11.4 Å². The first kappa shape index (κ1) is 23.5. The molecule has 11 heteroatoms. The number of halogens is 1. The molecule has 3 rings (SSSR count). The lowest BCUT2D eigenvalue weighted by atomic mass is 10.1. The molecule has 0 fully saturated rings. The van der Waals surface area contributed by atoms with Gasteiger partial charge in [0.25, 0.3) is 11.6 Å². The molecule has 0 radical (unpaired) electrons. The molecule has 0 aromatic heterocycles. The number of non-ortho nitro benzene ring substituents is 1. The zero-order chi connectivity index (χ0) is 24.0. The smallest absolute Gasteiger partial charge is 0.339 e. The standard InChI is InChI=1S/C22H14ClN3O6S/c23-17-3-1-4-18(12-17)25-22(27)16(14-24)11-15-7-9-20(10-8-15)32-33(30,31)21-6-2-5-19(13-21)26(28)29/h1-13H,(H,25,27)/b16-11+. The van der Waals surface area contributed by atoms with E-state index in [1.54, 1.807) is 18.2 Å². The first-order valence-corrected chi connectivity index (χ1v) is 10.9. The van der Waals surface area contributed by atoms with Crippen molar-refractivity contribution in [3.8, 4) is 11.8 Å². The van der Waals surface area contributed by atoms with Crippen molar-refractivity contribution in [1.82, 2.24) is 0 Å². The summed E-state index contributed by atoms with van der Waals surface area (Å²) in [7, 11) is -4.31. The highest BCUT2D eigenvalue weighted by Gasteiger charge is 2.20. The predicted octanol–water partition coefficient (Wildman–Crippen LogP) is 4.56. The van der Waals surface area contributed by atoms with Crippen LogP contribution in [-0.2, 0) is 14.9 Å². The number of nitrogens with zero attached hydrogens (tertiary/aromatic N) is 2. The summed E-state index contributed by atoms with van der Waals surface area (Å²) >= 11 is 5.88. The number of anilines is 1. The minimum Gasteiger partial charge on any atom is -0.379 e. The van der Waals surface area contributed by atoms with Gasteiger partial charge in [-0.05, 0) is 48.0 Å². The molecule has 0 atom stereocenters. The van der Waals surface area contributed by atoms with E-state index in [-0.39, 0.29) is 21.9 Å². The molecule has 0 spiro atoms. The highest BCUT2D eigenvalue weighted by molar-refractivity contribution is 7.87. The lowest BCUT2D eigenvalue weighted by molar-refractivity contribution is -0.385. The van der Waals surface area contributed by atoms with Crippen molar-refractivity contribution >= 4 is 45.1 Å². The number of amides is 1. The second-order valence-electron chi connectivity index (χ2n) is 6.50. The Morgan fingerprint density at radius 2 is 1.79 bits per heavy atom. The zero-order valence-electron chi connectivity index (χ0n) is 16.6. The molecule has 166 valence electrons. The number of benzene rings is 3. The van der Waals surface area contributed by atoms with Gasteiger partial charge in [0.15, 0.2) is 0 Å². The first-order valence-electron chi connectivity index (χ1n) is 9.16. The fraction of sp³-hybridized carbons (Fsp3) is 0. The number of nitro groups is 1. The Labute approximate surface area is 193 Å². The van der Waals surface area contributed by atoms with Crippen LogP contribution in [0.2, 0.25) is 5.02 Å². The summed E-state index contributed by atoms with van der Waals surface area (Å²) in [6.07, 6.45) is 1.32. The van der Waals surface area contributed by atoms with Crippen LogP contribution >= 0.6 is 11.6 Å². The van der Waals surface area contributed by atoms with E-state index < -0.39 is 20.9 Å². The largest absolute Gasteiger partial charge is 0.379 e. The molecule has 3 aromatic carbocycles. The molecule has 0 saturated carbocycles. The number of carbonyl (C=O) groups is 1. The van der Waals surface area contributed by atoms with Gasteiger partial charge in [-0.2, -0.15) is 13.7 Å². The summed E-state index contributed by atoms with van der Waals surface area (Å²) in [6, 6.07) is 18.3. The third kappa shape index (κ3) is 6.16. The monoisotopic (exact) mass is 483 g/mol. The molecular weight excluding hydrogens is 470 g/mol. The Bertz CT molecular complexity index is 1400. The minimum absolute atomic E-state index is 0.0551. The quantitative estimate of drug-likeness (QED) is 0.171. The lowest BCUT2D eigenvalue weighted by Gasteiger charge is -2.07. The maximum absolute atomic E-state index is 12.4. The van der Waals surface area contributed by atoms with Gasteiger partial charge >= 0.3 is 10.1 Å². The van der Waals surface area contributed by atoms with E-state index >= 15 is 0 Å². The molecule has 1 amide bonds. The molecule has 0 aliphatic heterocycles. The molecule has 0 aliphatic carbocycles. The third-order valence-electron chi connectivity index (χ3n) is 4.16. The van der Waals surface area contributed by atoms with Crippen LogP contribution in [-0.4, -0.2) is 19.2 Å². The van der Waals surface area contributed by atoms with Crippen LogP contribution in [0.5, 0.6) is 5.75 Å². The molecule has 33 heavy (non-hydrogen) atoms. The molecule has 0 heterocycles. The average molecular weight is 484 g/mol. The number of hydrogen-bond acceptors (Lipinski definition) is 7. The number of rotatable bonds is 7. The summed E-state index contributed by atoms with van der Waals surface area (Å²) < 4.78 is 29.8. The number of hydrogen-bond donors (Lipinski definition) is 1. The van der Waals surface area contributed by atoms with Gasteiger partial charge in [-0.1, -0.05) is 35.9 Å². The van der Waals surface area contributed by atoms with Crippen molar-refractivity contribution < 1.29 is 22.3 Å². The number of nitrogens with one attached hydrogen (secondary N) is 1. The van der Waals surface area contributed by atoms with Gasteiger partial charge in [-0.3, -0.25) is 14.9 Å². The Hall–Kier alpha value is -4.20. The topological polar surface area (TPSA) is 139 Å². The van der Waals surface area contributed by atoms with Crippen molar-refractivity contribution in [2.24, 2.45) is 0 Å². The van der Waals surface area contributed by atoms with Crippen LogP contribution in [0.3, 0.4) is 0 Å². The SMILES string of the molecule is N#C/C(=C\c1ccc(OS(=O)(=O)c2cccc([N+](=O)[O-])c2)cc1)C(=O)Nc1cccc(Cl)c1. The second-order valence-corrected chi connectivity index (χ2v) is 8.48. The van der Waals surface area contributed by atoms with Gasteiger partial charge in [0, 0.05) is 22.8 Å². The van der Waals surface area contributed by atoms with E-state index in [1.165, 1.54) is 48.5 Å². The molecule has 0 bridgehead atoms. The lowest BCUT2D eigenvalue weighted by Crippen LogP contribution is -2.13. The Morgan fingerprint density at radius 3 is 2.42 bits per heavy atom. The van der Waals surface area contributed by atoms with E-state index in [4.69, 9.17) is 15.8 Å². The zero-order valence-corrected chi connectivity index (χ0v) is 18.2. The Morgan fingerprint density at radius 1 is 1.09 bits per heavy atom. The summed E-state index contributed by atoms with van der Waals surface area (Å²) in [5, 5.41) is 23.2. The summed E-state index contributed by atoms with van der Waals surface area (Å²) in [5.41, 5.74) is 0.282. The highest BCUT2D eigenvalue weighted by Crippen LogP contribution is 2.23. The highest BCUT2D eigenvalue weighted by atomic mass is 35.5. The molecule has 1 N–H and O–H groups in total. The van der Waals surface area contributed by atoms with Crippen LogP contribution in [0.1, 0.15) is 5.56 Å². The summed E-state index contributed by atoms with van der Waals surface area (Å²) in [6.45, 7) is 0. The first-order chi connectivity index (χ1) is 15.7. The number of carbonyl (C=O) groups excluding carboxylic acids is 1. The van der Waals surface area contributed by atoms with Gasteiger partial charge in [0.2, 0.25) is 0 Å². The van der Waals surface area contributed by atoms with Gasteiger partial charge in [0.05, 0.1) is 4.92 Å². The van der Waals surface area contributed by atoms with Gasteiger partial charge in [0.1, 0.15) is 22.3 Å². The van der Waals surface area contributed by atoms with Gasteiger partial charge < -0.3 is 9.50 Å². The normalized spacial score (nSPS) is 11.3. The molecule has 0 saturated heterocycles. The Balaban J connectivity index is 1.75. The van der Waals surface area contributed by atoms with Crippen molar-refractivity contribution in [1.29, 1.82) is 5.26 Å². The van der Waals surface area contributed by atoms with E-state index in [9.17, 15) is 28.6 Å². The second kappa shape index (κ2) is 9.95. The molecule has 9 nitrogen and oxygen atoms in total. The maximum atomic E-state index is 12.4. The number of nitriles is 1. The van der Waals surface area contributed by atoms with E-state index in [0.29, 0.717) is 16.3 Å². The Kier molecular flexibility index (Phi) is 7.07. The van der Waals surface area contributed by atoms with Gasteiger partial charge in [-0.15, -0.1) is 0 Å². The number of nitro benzene ring substituents is 1. The van der Waals surface area contributed by atoms with Crippen LogP contribution in [0.25, 0.3) is 6.08 Å². The average Bonchev–Trinajstić information content (AvgIpc) is 2.78. The van der Waals surface area contributed by atoms with E-state index in [0.717, 1.165) is 12.1 Å². The summed E-state index contributed by atoms with van der Waals surface area (Å²) in [5.74, 6) is -0.700. The van der Waals surface area contributed by atoms with E-state index in [1.807, 2.05) is 6.07 Å². The van der Waals surface area contributed by atoms with Crippen molar-refractivity contribution in [3.63, 3.8) is 0 Å². The van der Waals surface area contributed by atoms with Crippen molar-refractivity contribution in [2.75, 3.05) is 5.32 Å². The maximum Gasteiger partial charge on any atom is 0.339 e.